The summed E-state index contributed by atoms with van der Waals surface area (Å²) in [6.45, 7) is 5.83. The van der Waals surface area contributed by atoms with E-state index in [0.717, 1.165) is 57.0 Å². The number of anilines is 1. The number of halogens is 2. The second-order valence-corrected chi connectivity index (χ2v) is 8.89. The average Bonchev–Trinajstić information content (AvgIpc) is 3.25. The number of alkyl halides is 2. The Morgan fingerprint density at radius 1 is 1.30 bits per heavy atom. The largest absolute Gasteiger partial charge is 0.494 e. The quantitative estimate of drug-likeness (QED) is 0.566. The summed E-state index contributed by atoms with van der Waals surface area (Å²) in [5.41, 5.74) is 1.53. The molecule has 10 heteroatoms. The average molecular weight is 465 g/mol. The Kier molecular flexibility index (Phi) is 7.11. The maximum Gasteiger partial charge on any atom is 0.322 e. The number of aromatic nitrogens is 2. The molecule has 0 spiro atoms. The molecule has 1 aromatic carbocycles. The van der Waals surface area contributed by atoms with Crippen LogP contribution in [0.4, 0.5) is 14.7 Å². The van der Waals surface area contributed by atoms with Crippen LogP contribution < -0.4 is 15.0 Å². The Morgan fingerprint density at radius 3 is 2.67 bits per heavy atom. The highest BCUT2D eigenvalue weighted by Gasteiger charge is 2.33. The summed E-state index contributed by atoms with van der Waals surface area (Å²) in [6.07, 6.45) is 3.84. The molecule has 2 aliphatic heterocycles. The molecule has 180 valence electrons. The first-order chi connectivity index (χ1) is 15.8. The monoisotopic (exact) mass is 464 g/mol. The molecule has 8 nitrogen and oxygen atoms in total. The van der Waals surface area contributed by atoms with Crippen molar-refractivity contribution >= 4 is 11.9 Å². The molecule has 1 amide bonds. The van der Waals surface area contributed by atoms with Crippen molar-refractivity contribution in [2.75, 3.05) is 37.8 Å². The maximum absolute atomic E-state index is 13.3. The van der Waals surface area contributed by atoms with Gasteiger partial charge in [-0.15, -0.1) is 0 Å². The third kappa shape index (κ3) is 5.98. The van der Waals surface area contributed by atoms with Crippen molar-refractivity contribution in [1.82, 2.24) is 15.5 Å². The van der Waals surface area contributed by atoms with Gasteiger partial charge in [0.1, 0.15) is 5.75 Å². The van der Waals surface area contributed by atoms with Crippen LogP contribution in [0.15, 0.2) is 22.7 Å². The topological polar surface area (TPSA) is 89.7 Å². The number of aryl methyl sites for hydroxylation is 1. The number of rotatable bonds is 9. The molecule has 0 unspecified atom stereocenters. The zero-order valence-electron chi connectivity index (χ0n) is 19.0. The fourth-order valence-corrected chi connectivity index (χ4v) is 4.07. The van der Waals surface area contributed by atoms with E-state index >= 15 is 0 Å². The van der Waals surface area contributed by atoms with Crippen molar-refractivity contribution in [3.63, 3.8) is 0 Å². The van der Waals surface area contributed by atoms with Gasteiger partial charge in [0, 0.05) is 25.6 Å². The van der Waals surface area contributed by atoms with Crippen LogP contribution in [0.2, 0.25) is 0 Å². The zero-order chi connectivity index (χ0) is 23.4. The van der Waals surface area contributed by atoms with Gasteiger partial charge in [0.15, 0.2) is 0 Å². The number of nitrogens with one attached hydrogen (secondary N) is 1. The van der Waals surface area contributed by atoms with E-state index in [9.17, 15) is 13.6 Å². The number of piperidine rings is 1. The highest BCUT2D eigenvalue weighted by Crippen LogP contribution is 2.29. The molecule has 0 bridgehead atoms. The molecule has 2 aliphatic rings. The Bertz CT molecular complexity index is 950. The fourth-order valence-electron chi connectivity index (χ4n) is 4.07. The molecule has 33 heavy (non-hydrogen) atoms. The number of benzene rings is 1. The van der Waals surface area contributed by atoms with E-state index in [-0.39, 0.29) is 17.9 Å². The van der Waals surface area contributed by atoms with E-state index in [2.05, 4.69) is 20.0 Å². The summed E-state index contributed by atoms with van der Waals surface area (Å²) in [5.74, 6) is -2.31. The van der Waals surface area contributed by atoms with Gasteiger partial charge in [-0.3, -0.25) is 4.79 Å². The lowest BCUT2D eigenvalue weighted by Crippen LogP contribution is -2.48. The third-order valence-electron chi connectivity index (χ3n) is 6.13. The summed E-state index contributed by atoms with van der Waals surface area (Å²) in [5, 5.41) is 6.64. The van der Waals surface area contributed by atoms with E-state index in [1.807, 2.05) is 24.0 Å². The van der Waals surface area contributed by atoms with Crippen molar-refractivity contribution in [2.45, 2.75) is 51.5 Å². The highest BCUT2D eigenvalue weighted by molar-refractivity contribution is 5.96. The van der Waals surface area contributed by atoms with Crippen molar-refractivity contribution in [2.24, 2.45) is 5.92 Å². The molecule has 1 N–H and O–H groups in total. The number of ether oxygens (including phenoxy) is 2. The number of hydrogen-bond acceptors (Lipinski definition) is 7. The molecular weight excluding hydrogens is 434 g/mol. The second-order valence-electron chi connectivity index (χ2n) is 8.89. The summed E-state index contributed by atoms with van der Waals surface area (Å²) < 4.78 is 42.2. The van der Waals surface area contributed by atoms with Crippen LogP contribution >= 0.6 is 0 Å². The lowest BCUT2D eigenvalue weighted by Gasteiger charge is -2.30. The Hall–Kier alpha value is -2.75. The van der Waals surface area contributed by atoms with Gasteiger partial charge >= 0.3 is 5.92 Å². The van der Waals surface area contributed by atoms with Crippen molar-refractivity contribution < 1.29 is 27.6 Å². The molecular formula is C23H30F2N4O4. The minimum atomic E-state index is -3.12. The van der Waals surface area contributed by atoms with E-state index in [1.165, 1.54) is 0 Å². The summed E-state index contributed by atoms with van der Waals surface area (Å²) in [6, 6.07) is 5.62. The SMILES string of the molecule is Cc1cc(OCCCC2CCN(c3noc(C(C)(F)F)n3)CC2)ccc1C(=O)NC1COC1. The Labute approximate surface area is 191 Å². The molecule has 0 radical (unpaired) electrons. The van der Waals surface area contributed by atoms with Gasteiger partial charge in [0.05, 0.1) is 25.9 Å². The lowest BCUT2D eigenvalue weighted by atomic mass is 9.92. The van der Waals surface area contributed by atoms with Crippen molar-refractivity contribution in [3.8, 4) is 5.75 Å². The molecule has 4 rings (SSSR count). The molecule has 2 aromatic rings. The highest BCUT2D eigenvalue weighted by atomic mass is 19.3. The normalized spacial score (nSPS) is 17.6. The van der Waals surface area contributed by atoms with Crippen LogP contribution in [0.5, 0.6) is 5.75 Å². The van der Waals surface area contributed by atoms with Gasteiger partial charge in [-0.2, -0.15) is 13.8 Å². The van der Waals surface area contributed by atoms with Crippen LogP contribution in [0, 0.1) is 12.8 Å². The van der Waals surface area contributed by atoms with Crippen LogP contribution in [0.3, 0.4) is 0 Å². The molecule has 2 saturated heterocycles. The lowest BCUT2D eigenvalue weighted by molar-refractivity contribution is -0.0158. The molecule has 0 aliphatic carbocycles. The molecule has 0 atom stereocenters. The van der Waals surface area contributed by atoms with E-state index < -0.39 is 11.8 Å². The smallest absolute Gasteiger partial charge is 0.322 e. The zero-order valence-corrected chi connectivity index (χ0v) is 19.0. The summed E-state index contributed by atoms with van der Waals surface area (Å²) in [4.78, 5) is 18.0. The van der Waals surface area contributed by atoms with Crippen LogP contribution in [0.25, 0.3) is 0 Å². The van der Waals surface area contributed by atoms with Gasteiger partial charge in [0.2, 0.25) is 0 Å². The van der Waals surface area contributed by atoms with Crippen molar-refractivity contribution in [3.05, 3.63) is 35.2 Å². The van der Waals surface area contributed by atoms with Gasteiger partial charge in [-0.25, -0.2) is 0 Å². The minimum Gasteiger partial charge on any atom is -0.494 e. The maximum atomic E-state index is 13.3. The first-order valence-electron chi connectivity index (χ1n) is 11.4. The van der Waals surface area contributed by atoms with Gasteiger partial charge in [-0.05, 0) is 67.4 Å². The molecule has 0 saturated carbocycles. The molecule has 1 aromatic heterocycles. The van der Waals surface area contributed by atoms with E-state index in [0.29, 0.717) is 31.3 Å². The molecule has 2 fully saturated rings. The fraction of sp³-hybridized carbons (Fsp3) is 0.609. The second kappa shape index (κ2) is 10.0. The van der Waals surface area contributed by atoms with Crippen LogP contribution in [-0.4, -0.2) is 55.0 Å². The third-order valence-corrected chi connectivity index (χ3v) is 6.13. The first kappa shape index (κ1) is 23.4. The van der Waals surface area contributed by atoms with E-state index in [1.54, 1.807) is 6.07 Å². The van der Waals surface area contributed by atoms with Gasteiger partial charge in [-0.1, -0.05) is 0 Å². The van der Waals surface area contributed by atoms with E-state index in [4.69, 9.17) is 9.47 Å². The van der Waals surface area contributed by atoms with Crippen molar-refractivity contribution in [1.29, 1.82) is 0 Å². The summed E-state index contributed by atoms with van der Waals surface area (Å²) in [7, 11) is 0. The molecule has 3 heterocycles. The first-order valence-corrected chi connectivity index (χ1v) is 11.4. The summed E-state index contributed by atoms with van der Waals surface area (Å²) >= 11 is 0. The Morgan fingerprint density at radius 2 is 2.06 bits per heavy atom. The Balaban J connectivity index is 1.16. The number of carbonyl (C=O) groups is 1. The predicted molar refractivity (Wildman–Crippen MR) is 117 cm³/mol. The van der Waals surface area contributed by atoms with Gasteiger partial charge < -0.3 is 24.2 Å². The van der Waals surface area contributed by atoms with Gasteiger partial charge in [0.25, 0.3) is 17.7 Å². The number of hydrogen-bond donors (Lipinski definition) is 1. The van der Waals surface area contributed by atoms with Crippen LogP contribution in [0.1, 0.15) is 54.4 Å². The number of carbonyl (C=O) groups excluding carboxylic acids is 1. The minimum absolute atomic E-state index is 0.0841. The predicted octanol–water partition coefficient (Wildman–Crippen LogP) is 3.69. The van der Waals surface area contributed by atoms with Crippen LogP contribution in [-0.2, 0) is 10.7 Å². The standard InChI is InChI=1S/C23H30F2N4O4/c1-15-12-18(5-6-19(15)20(30)26-17-13-31-14-17)32-11-3-4-16-7-9-29(10-8-16)22-27-21(33-28-22)23(2,24)25/h5-6,12,16-17H,3-4,7-11,13-14H2,1-2H3,(H,26,30). The number of amides is 1. The number of nitrogens with zero attached hydrogens (tertiary/aromatic N) is 3.